The van der Waals surface area contributed by atoms with E-state index in [-0.39, 0.29) is 25.0 Å². The van der Waals surface area contributed by atoms with Crippen molar-refractivity contribution in [2.75, 3.05) is 18.9 Å². The smallest absolute Gasteiger partial charge is 0.324 e. The van der Waals surface area contributed by atoms with Crippen LogP contribution in [0.3, 0.4) is 0 Å². The van der Waals surface area contributed by atoms with Gasteiger partial charge in [-0.1, -0.05) is 0 Å². The van der Waals surface area contributed by atoms with Gasteiger partial charge in [0.2, 0.25) is 10.0 Å². The summed E-state index contributed by atoms with van der Waals surface area (Å²) in [5.41, 5.74) is -1.32. The monoisotopic (exact) mass is 293 g/mol. The van der Waals surface area contributed by atoms with Crippen LogP contribution in [0.4, 0.5) is 0 Å². The SMILES string of the molecule is CC(C)OCCS(=O)(=O)N1CCCCC1(C)C(=O)O. The first-order valence-corrected chi connectivity index (χ1v) is 8.16. The number of nitrogens with zero attached hydrogens (tertiary/aromatic N) is 1. The number of carbonyl (C=O) groups is 1. The highest BCUT2D eigenvalue weighted by molar-refractivity contribution is 7.89. The second kappa shape index (κ2) is 6.19. The summed E-state index contributed by atoms with van der Waals surface area (Å²) in [5.74, 6) is -1.26. The van der Waals surface area contributed by atoms with Crippen molar-refractivity contribution in [1.29, 1.82) is 0 Å². The largest absolute Gasteiger partial charge is 0.480 e. The number of sulfonamides is 1. The van der Waals surface area contributed by atoms with E-state index in [0.29, 0.717) is 12.8 Å². The number of carboxylic acid groups (broad SMARTS) is 1. The van der Waals surface area contributed by atoms with E-state index in [1.165, 1.54) is 6.92 Å². The van der Waals surface area contributed by atoms with Crippen LogP contribution in [0, 0.1) is 0 Å². The second-order valence-electron chi connectivity index (χ2n) is 5.34. The summed E-state index contributed by atoms with van der Waals surface area (Å²) in [6, 6.07) is 0. The molecule has 1 N–H and O–H groups in total. The summed E-state index contributed by atoms with van der Waals surface area (Å²) in [6.45, 7) is 5.50. The molecule has 0 aromatic heterocycles. The van der Waals surface area contributed by atoms with Crippen molar-refractivity contribution in [2.45, 2.75) is 51.7 Å². The van der Waals surface area contributed by atoms with Gasteiger partial charge in [-0.25, -0.2) is 8.42 Å². The average Bonchev–Trinajstić information content (AvgIpc) is 2.28. The lowest BCUT2D eigenvalue weighted by molar-refractivity contribution is -0.149. The number of hydrogen-bond acceptors (Lipinski definition) is 4. The third-order valence-corrected chi connectivity index (χ3v) is 5.35. The van der Waals surface area contributed by atoms with E-state index in [0.717, 1.165) is 10.7 Å². The van der Waals surface area contributed by atoms with Crippen molar-refractivity contribution >= 4 is 16.0 Å². The van der Waals surface area contributed by atoms with Crippen LogP contribution >= 0.6 is 0 Å². The Morgan fingerprint density at radius 1 is 1.42 bits per heavy atom. The van der Waals surface area contributed by atoms with Crippen LogP contribution in [0.2, 0.25) is 0 Å². The fourth-order valence-corrected chi connectivity index (χ4v) is 3.97. The summed E-state index contributed by atoms with van der Waals surface area (Å²) in [7, 11) is -3.60. The van der Waals surface area contributed by atoms with Gasteiger partial charge in [-0.3, -0.25) is 4.79 Å². The zero-order chi connectivity index (χ0) is 14.7. The number of aliphatic carboxylic acids is 1. The van der Waals surface area contributed by atoms with Crippen molar-refractivity contribution < 1.29 is 23.1 Å². The van der Waals surface area contributed by atoms with Crippen molar-refractivity contribution in [2.24, 2.45) is 0 Å². The highest BCUT2D eigenvalue weighted by Gasteiger charge is 2.47. The van der Waals surface area contributed by atoms with Gasteiger partial charge >= 0.3 is 5.97 Å². The predicted molar refractivity (Wildman–Crippen MR) is 71.5 cm³/mol. The summed E-state index contributed by atoms with van der Waals surface area (Å²) in [5, 5.41) is 9.31. The van der Waals surface area contributed by atoms with Gasteiger partial charge in [-0.05, 0) is 40.0 Å². The zero-order valence-electron chi connectivity index (χ0n) is 11.8. The van der Waals surface area contributed by atoms with E-state index in [2.05, 4.69) is 0 Å². The first kappa shape index (κ1) is 16.4. The maximum absolute atomic E-state index is 12.3. The summed E-state index contributed by atoms with van der Waals surface area (Å²) < 4.78 is 30.9. The lowest BCUT2D eigenvalue weighted by atomic mass is 9.91. The van der Waals surface area contributed by atoms with Crippen LogP contribution in [0.15, 0.2) is 0 Å². The molecule has 1 unspecified atom stereocenters. The van der Waals surface area contributed by atoms with E-state index in [1.54, 1.807) is 0 Å². The first-order chi connectivity index (χ1) is 8.70. The van der Waals surface area contributed by atoms with Crippen LogP contribution in [0.5, 0.6) is 0 Å². The summed E-state index contributed by atoms with van der Waals surface area (Å²) >= 11 is 0. The molecule has 7 heteroatoms. The minimum atomic E-state index is -3.60. The fraction of sp³-hybridized carbons (Fsp3) is 0.917. The molecule has 0 amide bonds. The molecule has 0 aliphatic carbocycles. The van der Waals surface area contributed by atoms with Crippen molar-refractivity contribution in [3.8, 4) is 0 Å². The lowest BCUT2D eigenvalue weighted by Crippen LogP contribution is -2.58. The van der Waals surface area contributed by atoms with Gasteiger partial charge in [-0.15, -0.1) is 0 Å². The molecule has 1 aliphatic heterocycles. The molecule has 1 atom stereocenters. The Bertz CT molecular complexity index is 420. The Balaban J connectivity index is 2.82. The Labute approximate surface area is 114 Å². The maximum atomic E-state index is 12.3. The van der Waals surface area contributed by atoms with Crippen LogP contribution in [-0.2, 0) is 19.6 Å². The number of ether oxygens (including phenoxy) is 1. The number of rotatable bonds is 6. The first-order valence-electron chi connectivity index (χ1n) is 6.55. The number of hydrogen-bond donors (Lipinski definition) is 1. The molecule has 19 heavy (non-hydrogen) atoms. The molecule has 1 saturated heterocycles. The number of carboxylic acids is 1. The Morgan fingerprint density at radius 2 is 2.05 bits per heavy atom. The molecule has 0 aromatic carbocycles. The van der Waals surface area contributed by atoms with Gasteiger partial charge in [0.1, 0.15) is 5.54 Å². The standard InChI is InChI=1S/C12H23NO5S/c1-10(2)18-8-9-19(16,17)13-7-5-4-6-12(13,3)11(14)15/h10H,4-9H2,1-3H3,(H,14,15). The minimum Gasteiger partial charge on any atom is -0.480 e. The Morgan fingerprint density at radius 3 is 2.58 bits per heavy atom. The van der Waals surface area contributed by atoms with E-state index in [4.69, 9.17) is 4.74 Å². The van der Waals surface area contributed by atoms with Crippen LogP contribution in [-0.4, -0.2) is 54.3 Å². The molecule has 1 aliphatic rings. The molecule has 0 aromatic rings. The normalized spacial score (nSPS) is 25.7. The van der Waals surface area contributed by atoms with Crippen LogP contribution < -0.4 is 0 Å². The van der Waals surface area contributed by atoms with Crippen LogP contribution in [0.25, 0.3) is 0 Å². The Kier molecular flexibility index (Phi) is 5.34. The summed E-state index contributed by atoms with van der Waals surface area (Å²) in [6.07, 6.45) is 1.75. The van der Waals surface area contributed by atoms with E-state index in [9.17, 15) is 18.3 Å². The second-order valence-corrected chi connectivity index (χ2v) is 7.36. The van der Waals surface area contributed by atoms with Crippen molar-refractivity contribution in [3.63, 3.8) is 0 Å². The van der Waals surface area contributed by atoms with Gasteiger partial charge < -0.3 is 9.84 Å². The van der Waals surface area contributed by atoms with Crippen molar-refractivity contribution in [3.05, 3.63) is 0 Å². The van der Waals surface area contributed by atoms with Crippen LogP contribution in [0.1, 0.15) is 40.0 Å². The molecule has 0 bridgehead atoms. The Hall–Kier alpha value is -0.660. The minimum absolute atomic E-state index is 0.0394. The number of piperidine rings is 1. The third kappa shape index (κ3) is 3.90. The van der Waals surface area contributed by atoms with Gasteiger partial charge in [0.25, 0.3) is 0 Å². The topological polar surface area (TPSA) is 83.9 Å². The molecule has 1 fully saturated rings. The zero-order valence-corrected chi connectivity index (χ0v) is 12.6. The van der Waals surface area contributed by atoms with E-state index in [1.807, 2.05) is 13.8 Å². The van der Waals surface area contributed by atoms with Gasteiger partial charge in [0, 0.05) is 6.54 Å². The quantitative estimate of drug-likeness (QED) is 0.792. The maximum Gasteiger partial charge on any atom is 0.324 e. The molecule has 0 spiro atoms. The van der Waals surface area contributed by atoms with Crippen molar-refractivity contribution in [1.82, 2.24) is 4.31 Å². The van der Waals surface area contributed by atoms with E-state index < -0.39 is 21.5 Å². The molecule has 112 valence electrons. The highest BCUT2D eigenvalue weighted by atomic mass is 32.2. The molecule has 0 saturated carbocycles. The van der Waals surface area contributed by atoms with Gasteiger partial charge in [0.05, 0.1) is 18.5 Å². The third-order valence-electron chi connectivity index (χ3n) is 3.41. The average molecular weight is 293 g/mol. The predicted octanol–water partition coefficient (Wildman–Crippen LogP) is 1.07. The lowest BCUT2D eigenvalue weighted by Gasteiger charge is -2.40. The molecule has 1 heterocycles. The molecule has 1 rings (SSSR count). The van der Waals surface area contributed by atoms with Gasteiger partial charge in [-0.2, -0.15) is 4.31 Å². The fourth-order valence-electron chi connectivity index (χ4n) is 2.26. The molecular weight excluding hydrogens is 270 g/mol. The summed E-state index contributed by atoms with van der Waals surface area (Å²) in [4.78, 5) is 11.4. The van der Waals surface area contributed by atoms with E-state index >= 15 is 0 Å². The molecule has 6 nitrogen and oxygen atoms in total. The molecular formula is C12H23NO5S. The molecule has 0 radical (unpaired) electrons. The highest BCUT2D eigenvalue weighted by Crippen LogP contribution is 2.31. The van der Waals surface area contributed by atoms with Gasteiger partial charge in [0.15, 0.2) is 0 Å².